The number of hydrogen-bond acceptors (Lipinski definition) is 5. The largest absolute Gasteiger partial charge is 0.507 e. The van der Waals surface area contributed by atoms with Gasteiger partial charge in [-0.05, 0) is 48.3 Å². The van der Waals surface area contributed by atoms with E-state index in [-0.39, 0.29) is 11.8 Å². The highest BCUT2D eigenvalue weighted by atomic mass is 35.5. The number of nitrogens with one attached hydrogen (secondary N) is 1. The van der Waals surface area contributed by atoms with Gasteiger partial charge in [-0.2, -0.15) is 0 Å². The van der Waals surface area contributed by atoms with Gasteiger partial charge in [0, 0.05) is 75.6 Å². The van der Waals surface area contributed by atoms with Crippen LogP contribution in [0.1, 0.15) is 42.0 Å². The van der Waals surface area contributed by atoms with E-state index in [0.717, 1.165) is 72.9 Å². The number of phenols is 1. The lowest BCUT2D eigenvalue weighted by Gasteiger charge is -2.39. The zero-order chi connectivity index (χ0) is 24.9. The number of nitrogens with zero attached hydrogens (tertiary/aromatic N) is 4. The van der Waals surface area contributed by atoms with E-state index in [0.29, 0.717) is 25.4 Å². The van der Waals surface area contributed by atoms with Gasteiger partial charge >= 0.3 is 6.03 Å². The van der Waals surface area contributed by atoms with Gasteiger partial charge in [0.15, 0.2) is 0 Å². The van der Waals surface area contributed by atoms with Crippen LogP contribution in [0.15, 0.2) is 54.2 Å². The summed E-state index contributed by atoms with van der Waals surface area (Å²) in [5.41, 5.74) is 4.55. The molecule has 2 amide bonds. The summed E-state index contributed by atoms with van der Waals surface area (Å²) in [6, 6.07) is 11.6. The van der Waals surface area contributed by atoms with E-state index in [2.05, 4.69) is 22.3 Å². The van der Waals surface area contributed by atoms with Gasteiger partial charge in [0.25, 0.3) is 0 Å². The maximum absolute atomic E-state index is 13.1. The first-order valence-electron chi connectivity index (χ1n) is 12.8. The minimum atomic E-state index is -0.970. The van der Waals surface area contributed by atoms with Crippen LogP contribution < -0.4 is 10.2 Å². The summed E-state index contributed by atoms with van der Waals surface area (Å²) in [4.78, 5) is 23.1. The number of carbonyl (C=O) groups excluding carboxylic acids is 1. The molecule has 0 radical (unpaired) electrons. The molecule has 0 spiro atoms. The molecule has 1 saturated carbocycles. The highest BCUT2D eigenvalue weighted by Gasteiger charge is 2.45. The van der Waals surface area contributed by atoms with Crippen LogP contribution in [0.4, 0.5) is 10.6 Å². The van der Waals surface area contributed by atoms with Crippen molar-refractivity contribution in [2.75, 3.05) is 51.2 Å². The second kappa shape index (κ2) is 9.12. The Labute approximate surface area is 217 Å². The number of phenolic OH excluding ortho intramolecular Hbond substituents is 1. The number of carbonyl (C=O) groups is 1. The average Bonchev–Trinajstić information content (AvgIpc) is 3.70. The molecule has 1 aromatic carbocycles. The van der Waals surface area contributed by atoms with Gasteiger partial charge in [-0.3, -0.25) is 4.90 Å². The summed E-state index contributed by atoms with van der Waals surface area (Å²) in [5, 5.41) is 14.0. The predicted octanol–water partition coefficient (Wildman–Crippen LogP) is 4.25. The Hall–Kier alpha value is -3.03. The van der Waals surface area contributed by atoms with Crippen molar-refractivity contribution in [1.82, 2.24) is 20.1 Å². The number of allylic oxidation sites excluding steroid dienone is 4. The third-order valence-electron chi connectivity index (χ3n) is 7.77. The molecule has 1 atom stereocenters. The second-order valence-electron chi connectivity index (χ2n) is 10.2. The number of aromatic hydroxyl groups is 1. The summed E-state index contributed by atoms with van der Waals surface area (Å²) >= 11 is 7.70. The normalized spacial score (nSPS) is 24.7. The first kappa shape index (κ1) is 23.4. The van der Waals surface area contributed by atoms with Crippen LogP contribution in [0.25, 0.3) is 5.57 Å². The van der Waals surface area contributed by atoms with Gasteiger partial charge < -0.3 is 20.2 Å². The Morgan fingerprint density at radius 1 is 1.08 bits per heavy atom. The number of halogens is 1. The van der Waals surface area contributed by atoms with Crippen molar-refractivity contribution in [2.24, 2.45) is 0 Å². The molecular weight excluding hydrogens is 474 g/mol. The Bertz CT molecular complexity index is 1250. The second-order valence-corrected chi connectivity index (χ2v) is 10.9. The van der Waals surface area contributed by atoms with Crippen molar-refractivity contribution in [3.63, 3.8) is 0 Å². The minimum absolute atomic E-state index is 0.0375. The van der Waals surface area contributed by atoms with Crippen LogP contribution in [0.5, 0.6) is 5.75 Å². The van der Waals surface area contributed by atoms with Crippen LogP contribution in [0.2, 0.25) is 0 Å². The number of aromatic nitrogens is 1. The van der Waals surface area contributed by atoms with Crippen molar-refractivity contribution in [3.05, 3.63) is 71.1 Å². The van der Waals surface area contributed by atoms with Crippen LogP contribution in [0, 0.1) is 0 Å². The van der Waals surface area contributed by atoms with Crippen molar-refractivity contribution >= 4 is 29.0 Å². The van der Waals surface area contributed by atoms with Crippen LogP contribution in [-0.4, -0.2) is 72.2 Å². The fraction of sp³-hybridized carbons (Fsp3) is 0.429. The fourth-order valence-corrected chi connectivity index (χ4v) is 5.91. The lowest BCUT2D eigenvalue weighted by molar-refractivity contribution is 0.204. The fourth-order valence-electron chi connectivity index (χ4n) is 5.49. The van der Waals surface area contributed by atoms with Gasteiger partial charge in [-0.1, -0.05) is 24.3 Å². The number of urea groups is 1. The molecule has 3 heterocycles. The molecular formula is C28H32ClN5O2. The Morgan fingerprint density at radius 3 is 2.56 bits per heavy atom. The molecule has 2 aromatic rings. The van der Waals surface area contributed by atoms with Gasteiger partial charge in [0.05, 0.1) is 0 Å². The monoisotopic (exact) mass is 505 g/mol. The maximum atomic E-state index is 13.1. The van der Waals surface area contributed by atoms with E-state index in [1.54, 1.807) is 11.0 Å². The first-order chi connectivity index (χ1) is 17.4. The van der Waals surface area contributed by atoms with Crippen molar-refractivity contribution in [1.29, 1.82) is 0 Å². The molecule has 188 valence electrons. The quantitative estimate of drug-likeness (QED) is 0.594. The molecule has 2 aliphatic heterocycles. The topological polar surface area (TPSA) is 71.9 Å². The highest BCUT2D eigenvalue weighted by molar-refractivity contribution is 6.27. The average molecular weight is 506 g/mol. The van der Waals surface area contributed by atoms with Crippen molar-refractivity contribution < 1.29 is 9.90 Å². The van der Waals surface area contributed by atoms with Crippen molar-refractivity contribution in [2.45, 2.75) is 30.1 Å². The number of rotatable bonds is 5. The van der Waals surface area contributed by atoms with Crippen LogP contribution >= 0.6 is 11.6 Å². The molecule has 3 fully saturated rings. The van der Waals surface area contributed by atoms with E-state index in [1.807, 2.05) is 42.3 Å². The van der Waals surface area contributed by atoms with Crippen molar-refractivity contribution in [3.8, 4) is 5.75 Å². The lowest BCUT2D eigenvalue weighted by Crippen LogP contribution is -2.44. The number of benzene rings is 1. The molecule has 8 heteroatoms. The number of para-hydroxylation sites is 1. The third kappa shape index (κ3) is 4.14. The van der Waals surface area contributed by atoms with Gasteiger partial charge in [-0.15, -0.1) is 11.6 Å². The Morgan fingerprint density at radius 2 is 1.86 bits per heavy atom. The van der Waals surface area contributed by atoms with E-state index in [9.17, 15) is 9.90 Å². The number of anilines is 1. The molecule has 36 heavy (non-hydrogen) atoms. The predicted molar refractivity (Wildman–Crippen MR) is 142 cm³/mol. The smallest absolute Gasteiger partial charge is 0.324 e. The molecule has 0 bridgehead atoms. The number of alkyl halides is 1. The Kier molecular flexibility index (Phi) is 5.92. The first-order valence-corrected chi connectivity index (χ1v) is 13.2. The number of pyridine rings is 1. The lowest BCUT2D eigenvalue weighted by atomic mass is 9.81. The van der Waals surface area contributed by atoms with Gasteiger partial charge in [0.1, 0.15) is 16.4 Å². The SMILES string of the molecule is CN1CCN(C2=CC=C(c3ccccc3O)CC2(Cl)c2cc(C3CC3)nc(N3CCNCC3)c2)C1=O. The van der Waals surface area contributed by atoms with Crippen LogP contribution in [0.3, 0.4) is 0 Å². The highest BCUT2D eigenvalue weighted by Crippen LogP contribution is 2.51. The minimum Gasteiger partial charge on any atom is -0.507 e. The number of likely N-dealkylation sites (N-methyl/N-ethyl adjacent to an activating group) is 1. The van der Waals surface area contributed by atoms with E-state index >= 15 is 0 Å². The molecule has 7 nitrogen and oxygen atoms in total. The standard InChI is InChI=1S/C28H32ClN5O2/c1-32-14-15-34(27(32)36)25-9-8-20(22-4-2-3-5-24(22)35)18-28(25,29)21-16-23(19-6-7-19)31-26(17-21)33-12-10-30-11-13-33/h2-5,8-9,16-17,19,30,35H,6-7,10-15,18H2,1H3. The Balaban J connectivity index is 1.48. The summed E-state index contributed by atoms with van der Waals surface area (Å²) in [5.74, 6) is 1.65. The molecule has 1 aromatic heterocycles. The van der Waals surface area contributed by atoms with Crippen LogP contribution in [-0.2, 0) is 4.87 Å². The van der Waals surface area contributed by atoms with E-state index < -0.39 is 4.87 Å². The molecule has 1 unspecified atom stereocenters. The van der Waals surface area contributed by atoms with Gasteiger partial charge in [0.2, 0.25) is 0 Å². The summed E-state index contributed by atoms with van der Waals surface area (Å²) < 4.78 is 0. The number of amides is 2. The summed E-state index contributed by atoms with van der Waals surface area (Å²) in [6.07, 6.45) is 6.72. The number of hydrogen-bond donors (Lipinski definition) is 2. The maximum Gasteiger partial charge on any atom is 0.324 e. The summed E-state index contributed by atoms with van der Waals surface area (Å²) in [7, 11) is 1.82. The molecule has 6 rings (SSSR count). The number of piperazine rings is 1. The van der Waals surface area contributed by atoms with E-state index in [1.165, 1.54) is 0 Å². The molecule has 2 aliphatic carbocycles. The zero-order valence-electron chi connectivity index (χ0n) is 20.6. The van der Waals surface area contributed by atoms with Gasteiger partial charge in [-0.25, -0.2) is 9.78 Å². The molecule has 2 N–H and O–H groups in total. The summed E-state index contributed by atoms with van der Waals surface area (Å²) in [6.45, 7) is 4.91. The third-order valence-corrected chi connectivity index (χ3v) is 8.31. The molecule has 2 saturated heterocycles. The molecule has 4 aliphatic rings. The zero-order valence-corrected chi connectivity index (χ0v) is 21.3. The van der Waals surface area contributed by atoms with E-state index in [4.69, 9.17) is 16.6 Å².